The number of carbonyl (C=O) groups is 2. The van der Waals surface area contributed by atoms with Gasteiger partial charge in [0.2, 0.25) is 5.91 Å². The molecule has 1 atom stereocenters. The summed E-state index contributed by atoms with van der Waals surface area (Å²) in [6, 6.07) is 7.77. The topological polar surface area (TPSA) is 60.3 Å². The first-order chi connectivity index (χ1) is 11.3. The maximum atomic E-state index is 11.7. The van der Waals surface area contributed by atoms with E-state index in [-0.39, 0.29) is 11.8 Å². The van der Waals surface area contributed by atoms with E-state index in [9.17, 15) is 9.59 Å². The van der Waals surface area contributed by atoms with Crippen molar-refractivity contribution in [3.8, 4) is 5.75 Å². The van der Waals surface area contributed by atoms with E-state index in [0.717, 1.165) is 42.4 Å². The largest absolute Gasteiger partial charge is 0.491 e. The Morgan fingerprint density at radius 2 is 2.17 bits per heavy atom. The molecule has 1 aliphatic carbocycles. The molecule has 1 amide bonds. The molecule has 0 spiro atoms. The Balaban J connectivity index is 1.66. The normalized spacial score (nSPS) is 20.7. The van der Waals surface area contributed by atoms with Crippen LogP contribution in [0.1, 0.15) is 29.8 Å². The number of benzene rings is 1. The van der Waals surface area contributed by atoms with Gasteiger partial charge in [-0.05, 0) is 37.3 Å². The van der Waals surface area contributed by atoms with E-state index in [4.69, 9.17) is 4.74 Å². The third-order valence-corrected chi connectivity index (χ3v) is 4.78. The van der Waals surface area contributed by atoms with Gasteiger partial charge >= 0.3 is 0 Å². The second-order valence-corrected chi connectivity index (χ2v) is 6.52. The Morgan fingerprint density at radius 3 is 2.87 bits per heavy atom. The van der Waals surface area contributed by atoms with Gasteiger partial charge < -0.3 is 14.6 Å². The second-order valence-electron chi connectivity index (χ2n) is 6.52. The first-order valence-electron chi connectivity index (χ1n) is 8.24. The second kappa shape index (κ2) is 5.72. The van der Waals surface area contributed by atoms with Crippen LogP contribution < -0.4 is 10.1 Å². The molecule has 5 nitrogen and oxygen atoms in total. The van der Waals surface area contributed by atoms with Crippen LogP contribution in [0.25, 0.3) is 10.9 Å². The Morgan fingerprint density at radius 1 is 1.30 bits per heavy atom. The highest BCUT2D eigenvalue weighted by Gasteiger charge is 2.26. The van der Waals surface area contributed by atoms with E-state index in [1.54, 1.807) is 0 Å². The van der Waals surface area contributed by atoms with Gasteiger partial charge in [-0.15, -0.1) is 0 Å². The highest BCUT2D eigenvalue weighted by Crippen LogP contribution is 2.35. The zero-order chi connectivity index (χ0) is 15.8. The summed E-state index contributed by atoms with van der Waals surface area (Å²) in [5.41, 5.74) is 1.67. The van der Waals surface area contributed by atoms with Gasteiger partial charge in [0, 0.05) is 18.5 Å². The summed E-state index contributed by atoms with van der Waals surface area (Å²) in [5, 5.41) is 3.85. The lowest BCUT2D eigenvalue weighted by Gasteiger charge is -2.14. The SMILES string of the molecule is O=Cc1cc2cccc(OCC3CCNC3=O)c2n1CC1CC1. The van der Waals surface area contributed by atoms with Gasteiger partial charge in [0.15, 0.2) is 6.29 Å². The van der Waals surface area contributed by atoms with Crippen molar-refractivity contribution in [2.75, 3.05) is 13.2 Å². The maximum Gasteiger partial charge on any atom is 0.226 e. The molecule has 5 heteroatoms. The number of ether oxygens (including phenoxy) is 1. The standard InChI is InChI=1S/C18H20N2O3/c21-10-15-8-13-2-1-3-16(17(13)20(15)9-12-4-5-12)23-11-14-6-7-19-18(14)22/h1-3,8,10,12,14H,4-7,9,11H2,(H,19,22). The Labute approximate surface area is 134 Å². The van der Waals surface area contributed by atoms with E-state index >= 15 is 0 Å². The van der Waals surface area contributed by atoms with E-state index in [1.165, 1.54) is 12.8 Å². The minimum atomic E-state index is -0.0809. The smallest absolute Gasteiger partial charge is 0.226 e. The molecule has 2 heterocycles. The van der Waals surface area contributed by atoms with Crippen LogP contribution in [-0.2, 0) is 11.3 Å². The van der Waals surface area contributed by atoms with Crippen molar-refractivity contribution in [2.45, 2.75) is 25.8 Å². The molecule has 4 rings (SSSR count). The summed E-state index contributed by atoms with van der Waals surface area (Å²) < 4.78 is 8.05. The van der Waals surface area contributed by atoms with Crippen molar-refractivity contribution in [1.29, 1.82) is 0 Å². The number of aromatic nitrogens is 1. The molecule has 1 saturated heterocycles. The number of hydrogen-bond donors (Lipinski definition) is 1. The molecule has 0 bridgehead atoms. The number of hydrogen-bond acceptors (Lipinski definition) is 3. The van der Waals surface area contributed by atoms with Crippen LogP contribution in [0.15, 0.2) is 24.3 Å². The van der Waals surface area contributed by atoms with Gasteiger partial charge in [0.1, 0.15) is 5.75 Å². The number of aldehydes is 1. The van der Waals surface area contributed by atoms with Crippen LogP contribution in [-0.4, -0.2) is 29.9 Å². The fraction of sp³-hybridized carbons (Fsp3) is 0.444. The van der Waals surface area contributed by atoms with Crippen LogP contribution in [0.3, 0.4) is 0 Å². The number of para-hydroxylation sites is 1. The van der Waals surface area contributed by atoms with Gasteiger partial charge in [0.25, 0.3) is 0 Å². The number of amides is 1. The average Bonchev–Trinajstić information content (AvgIpc) is 3.17. The van der Waals surface area contributed by atoms with Crippen molar-refractivity contribution in [1.82, 2.24) is 9.88 Å². The van der Waals surface area contributed by atoms with Gasteiger partial charge in [-0.2, -0.15) is 0 Å². The molecule has 1 saturated carbocycles. The highest BCUT2D eigenvalue weighted by atomic mass is 16.5. The molecule has 1 aromatic carbocycles. The van der Waals surface area contributed by atoms with E-state index < -0.39 is 0 Å². The fourth-order valence-electron chi connectivity index (χ4n) is 3.27. The molecule has 120 valence electrons. The van der Waals surface area contributed by atoms with Crippen LogP contribution in [0.4, 0.5) is 0 Å². The summed E-state index contributed by atoms with van der Waals surface area (Å²) in [4.78, 5) is 23.1. The lowest BCUT2D eigenvalue weighted by atomic mass is 10.1. The molecular formula is C18H20N2O3. The molecule has 23 heavy (non-hydrogen) atoms. The Hall–Kier alpha value is -2.30. The minimum Gasteiger partial charge on any atom is -0.491 e. The lowest BCUT2D eigenvalue weighted by molar-refractivity contribution is -0.123. The van der Waals surface area contributed by atoms with Gasteiger partial charge in [-0.3, -0.25) is 9.59 Å². The van der Waals surface area contributed by atoms with Crippen LogP contribution in [0.2, 0.25) is 0 Å². The van der Waals surface area contributed by atoms with Crippen molar-refractivity contribution < 1.29 is 14.3 Å². The monoisotopic (exact) mass is 312 g/mol. The molecule has 2 aliphatic rings. The molecule has 1 aliphatic heterocycles. The predicted molar refractivity (Wildman–Crippen MR) is 86.7 cm³/mol. The molecule has 2 fully saturated rings. The number of nitrogens with zero attached hydrogens (tertiary/aromatic N) is 1. The number of rotatable bonds is 6. The van der Waals surface area contributed by atoms with E-state index in [1.807, 2.05) is 24.3 Å². The number of fused-ring (bicyclic) bond motifs is 1. The van der Waals surface area contributed by atoms with Crippen LogP contribution >= 0.6 is 0 Å². The third-order valence-electron chi connectivity index (χ3n) is 4.78. The molecule has 2 aromatic rings. The first kappa shape index (κ1) is 14.3. The molecular weight excluding hydrogens is 292 g/mol. The zero-order valence-corrected chi connectivity index (χ0v) is 13.0. The number of nitrogens with one attached hydrogen (secondary N) is 1. The van der Waals surface area contributed by atoms with Crippen molar-refractivity contribution in [2.24, 2.45) is 11.8 Å². The molecule has 1 aromatic heterocycles. The summed E-state index contributed by atoms with van der Waals surface area (Å²) in [6.07, 6.45) is 4.18. The van der Waals surface area contributed by atoms with Gasteiger partial charge in [0.05, 0.1) is 23.7 Å². The third kappa shape index (κ3) is 2.71. The Bertz CT molecular complexity index is 761. The van der Waals surface area contributed by atoms with Gasteiger partial charge in [-0.1, -0.05) is 12.1 Å². The van der Waals surface area contributed by atoms with E-state index in [0.29, 0.717) is 18.2 Å². The van der Waals surface area contributed by atoms with Crippen molar-refractivity contribution in [3.05, 3.63) is 30.0 Å². The highest BCUT2D eigenvalue weighted by molar-refractivity contribution is 5.92. The Kier molecular flexibility index (Phi) is 3.56. The minimum absolute atomic E-state index is 0.0686. The molecule has 1 N–H and O–H groups in total. The lowest BCUT2D eigenvalue weighted by Crippen LogP contribution is -2.23. The zero-order valence-electron chi connectivity index (χ0n) is 13.0. The summed E-state index contributed by atoms with van der Waals surface area (Å²) in [7, 11) is 0. The van der Waals surface area contributed by atoms with Crippen LogP contribution in [0, 0.1) is 11.8 Å². The van der Waals surface area contributed by atoms with Crippen molar-refractivity contribution in [3.63, 3.8) is 0 Å². The summed E-state index contributed by atoms with van der Waals surface area (Å²) >= 11 is 0. The van der Waals surface area contributed by atoms with Crippen LogP contribution in [0.5, 0.6) is 5.75 Å². The van der Waals surface area contributed by atoms with Gasteiger partial charge in [-0.25, -0.2) is 0 Å². The number of carbonyl (C=O) groups excluding carboxylic acids is 2. The first-order valence-corrected chi connectivity index (χ1v) is 8.24. The quantitative estimate of drug-likeness (QED) is 0.833. The van der Waals surface area contributed by atoms with E-state index in [2.05, 4.69) is 9.88 Å². The maximum absolute atomic E-state index is 11.7. The molecule has 1 unspecified atom stereocenters. The predicted octanol–water partition coefficient (Wildman–Crippen LogP) is 2.38. The summed E-state index contributed by atoms with van der Waals surface area (Å²) in [5.74, 6) is 1.41. The van der Waals surface area contributed by atoms with Crippen molar-refractivity contribution >= 4 is 23.1 Å². The summed E-state index contributed by atoms with van der Waals surface area (Å²) in [6.45, 7) is 1.97. The molecule has 0 radical (unpaired) electrons. The fourth-order valence-corrected chi connectivity index (χ4v) is 3.27. The average molecular weight is 312 g/mol.